The first kappa shape index (κ1) is 14.7. The van der Waals surface area contributed by atoms with Crippen LogP contribution in [0.4, 0.5) is 0 Å². The molecule has 1 aromatic heterocycles. The number of carbonyl (C=O) groups excluding carboxylic acids is 1. The van der Waals surface area contributed by atoms with Gasteiger partial charge in [0, 0.05) is 17.3 Å². The van der Waals surface area contributed by atoms with E-state index in [1.807, 2.05) is 48.5 Å². The Morgan fingerprint density at radius 2 is 1.52 bits per heavy atom. The Bertz CT molecular complexity index is 807. The van der Waals surface area contributed by atoms with Gasteiger partial charge >= 0.3 is 5.97 Å². The van der Waals surface area contributed by atoms with E-state index in [9.17, 15) is 9.59 Å². The summed E-state index contributed by atoms with van der Waals surface area (Å²) in [6.07, 6.45) is 2.27. The zero-order valence-electron chi connectivity index (χ0n) is 12.2. The molecule has 1 heterocycles. The van der Waals surface area contributed by atoms with Crippen LogP contribution in [0.15, 0.2) is 60.8 Å². The van der Waals surface area contributed by atoms with Gasteiger partial charge < -0.3 is 5.11 Å². The van der Waals surface area contributed by atoms with Gasteiger partial charge in [-0.2, -0.15) is 5.10 Å². The van der Waals surface area contributed by atoms with E-state index in [1.165, 1.54) is 12.3 Å². The minimum atomic E-state index is -0.984. The van der Waals surface area contributed by atoms with E-state index in [-0.39, 0.29) is 11.5 Å². The summed E-state index contributed by atoms with van der Waals surface area (Å²) in [5.41, 5.74) is 4.11. The van der Waals surface area contributed by atoms with Gasteiger partial charge in [0.05, 0.1) is 0 Å². The van der Waals surface area contributed by atoms with Gasteiger partial charge in [0.1, 0.15) is 5.69 Å². The minimum Gasteiger partial charge on any atom is -0.477 e. The van der Waals surface area contributed by atoms with E-state index in [4.69, 9.17) is 5.11 Å². The fourth-order valence-electron chi connectivity index (χ4n) is 2.52. The molecule has 0 unspecified atom stereocenters. The standard InChI is InChI=1S/C14H10O.C4H4N2O2/c15-14-12-7-3-1-5-10(12)9-11-6-2-4-8-13(11)14;7-4(8)3-1-2-5-6-3/h1-8H,9H2;1-2H,(H,5,6)(H,7,8). The fraction of sp³-hybridized carbons (Fsp3) is 0.0556. The molecule has 0 saturated heterocycles. The van der Waals surface area contributed by atoms with E-state index < -0.39 is 5.97 Å². The van der Waals surface area contributed by atoms with Crippen molar-refractivity contribution in [1.29, 1.82) is 0 Å². The highest BCUT2D eigenvalue weighted by Crippen LogP contribution is 2.26. The quantitative estimate of drug-likeness (QED) is 0.566. The minimum absolute atomic E-state index is 0.116. The number of aromatic nitrogens is 2. The number of aromatic carboxylic acids is 1. The van der Waals surface area contributed by atoms with Gasteiger partial charge in [-0.25, -0.2) is 4.79 Å². The van der Waals surface area contributed by atoms with Crippen molar-refractivity contribution in [3.05, 3.63) is 88.7 Å². The first-order chi connectivity index (χ1) is 11.2. The smallest absolute Gasteiger partial charge is 0.353 e. The van der Waals surface area contributed by atoms with Gasteiger partial charge in [-0.05, 0) is 23.6 Å². The first-order valence-corrected chi connectivity index (χ1v) is 7.10. The van der Waals surface area contributed by atoms with Crippen molar-refractivity contribution in [3.8, 4) is 0 Å². The van der Waals surface area contributed by atoms with Crippen LogP contribution < -0.4 is 0 Å². The van der Waals surface area contributed by atoms with Crippen LogP contribution in [0.2, 0.25) is 0 Å². The van der Waals surface area contributed by atoms with Crippen molar-refractivity contribution >= 4 is 11.8 Å². The van der Waals surface area contributed by atoms with Gasteiger partial charge in [0.2, 0.25) is 0 Å². The van der Waals surface area contributed by atoms with Crippen molar-refractivity contribution < 1.29 is 14.7 Å². The molecule has 3 aromatic rings. The van der Waals surface area contributed by atoms with Crippen molar-refractivity contribution in [2.45, 2.75) is 6.42 Å². The molecule has 0 fully saturated rings. The van der Waals surface area contributed by atoms with E-state index in [2.05, 4.69) is 10.2 Å². The average molecular weight is 306 g/mol. The highest BCUT2D eigenvalue weighted by atomic mass is 16.4. The van der Waals surface area contributed by atoms with E-state index in [0.29, 0.717) is 0 Å². The number of fused-ring (bicyclic) bond motifs is 2. The summed E-state index contributed by atoms with van der Waals surface area (Å²) in [7, 11) is 0. The predicted molar refractivity (Wildman–Crippen MR) is 84.7 cm³/mol. The number of hydrogen-bond donors (Lipinski definition) is 2. The Hall–Kier alpha value is -3.21. The van der Waals surface area contributed by atoms with Gasteiger partial charge in [0.15, 0.2) is 5.78 Å². The molecule has 0 spiro atoms. The summed E-state index contributed by atoms with van der Waals surface area (Å²) in [5, 5.41) is 13.9. The molecule has 0 aliphatic heterocycles. The van der Waals surface area contributed by atoms with Crippen LogP contribution >= 0.6 is 0 Å². The molecule has 0 saturated carbocycles. The number of aromatic amines is 1. The molecule has 5 nitrogen and oxygen atoms in total. The Labute approximate surface area is 132 Å². The number of rotatable bonds is 1. The van der Waals surface area contributed by atoms with Crippen LogP contribution in [0, 0.1) is 0 Å². The number of nitrogens with one attached hydrogen (secondary N) is 1. The largest absolute Gasteiger partial charge is 0.477 e. The summed E-state index contributed by atoms with van der Waals surface area (Å²) in [5.74, 6) is -0.824. The number of carboxylic acid groups (broad SMARTS) is 1. The van der Waals surface area contributed by atoms with Crippen LogP contribution in [0.3, 0.4) is 0 Å². The zero-order chi connectivity index (χ0) is 16.2. The number of ketones is 1. The highest BCUT2D eigenvalue weighted by molar-refractivity contribution is 6.12. The fourth-order valence-corrected chi connectivity index (χ4v) is 2.52. The molecule has 1 aliphatic rings. The third-order valence-electron chi connectivity index (χ3n) is 3.64. The molecule has 2 aromatic carbocycles. The van der Waals surface area contributed by atoms with Crippen molar-refractivity contribution in [1.82, 2.24) is 10.2 Å². The summed E-state index contributed by atoms with van der Waals surface area (Å²) >= 11 is 0. The molecule has 23 heavy (non-hydrogen) atoms. The second-order valence-corrected chi connectivity index (χ2v) is 5.10. The average Bonchev–Trinajstić information content (AvgIpc) is 3.11. The summed E-state index contributed by atoms with van der Waals surface area (Å²) in [6, 6.07) is 17.1. The second kappa shape index (κ2) is 6.27. The SMILES string of the molecule is O=C(O)c1ccn[nH]1.O=C1c2ccccc2Cc2ccccc21. The molecule has 0 radical (unpaired) electrons. The van der Waals surface area contributed by atoms with Gasteiger partial charge in [-0.1, -0.05) is 48.5 Å². The first-order valence-electron chi connectivity index (χ1n) is 7.10. The predicted octanol–water partition coefficient (Wildman–Crippen LogP) is 2.93. The molecule has 0 amide bonds. The van der Waals surface area contributed by atoms with Crippen LogP contribution in [-0.4, -0.2) is 27.1 Å². The second-order valence-electron chi connectivity index (χ2n) is 5.10. The van der Waals surface area contributed by atoms with Crippen LogP contribution in [0.25, 0.3) is 0 Å². The monoisotopic (exact) mass is 306 g/mol. The van der Waals surface area contributed by atoms with E-state index >= 15 is 0 Å². The topological polar surface area (TPSA) is 83.0 Å². The van der Waals surface area contributed by atoms with E-state index in [1.54, 1.807) is 0 Å². The maximum atomic E-state index is 12.1. The number of nitrogens with zero attached hydrogens (tertiary/aromatic N) is 1. The lowest BCUT2D eigenvalue weighted by atomic mass is 9.85. The number of benzene rings is 2. The number of H-pyrrole nitrogens is 1. The van der Waals surface area contributed by atoms with Crippen LogP contribution in [0.5, 0.6) is 0 Å². The Balaban J connectivity index is 0.000000166. The third-order valence-corrected chi connectivity index (χ3v) is 3.64. The Morgan fingerprint density at radius 3 is 1.96 bits per heavy atom. The molecule has 114 valence electrons. The van der Waals surface area contributed by atoms with Crippen molar-refractivity contribution in [2.75, 3.05) is 0 Å². The zero-order valence-corrected chi connectivity index (χ0v) is 12.2. The van der Waals surface area contributed by atoms with Crippen molar-refractivity contribution in [2.24, 2.45) is 0 Å². The number of carboxylic acids is 1. The number of carbonyl (C=O) groups is 2. The Morgan fingerprint density at radius 1 is 0.957 bits per heavy atom. The molecular weight excluding hydrogens is 292 g/mol. The molecule has 0 atom stereocenters. The number of hydrogen-bond acceptors (Lipinski definition) is 3. The van der Waals surface area contributed by atoms with Gasteiger partial charge in [-0.15, -0.1) is 0 Å². The lowest BCUT2D eigenvalue weighted by Gasteiger charge is -2.17. The van der Waals surface area contributed by atoms with Crippen LogP contribution in [-0.2, 0) is 6.42 Å². The Kier molecular flexibility index (Phi) is 4.01. The lowest BCUT2D eigenvalue weighted by molar-refractivity contribution is 0.0690. The highest BCUT2D eigenvalue weighted by Gasteiger charge is 2.21. The summed E-state index contributed by atoms with van der Waals surface area (Å²) < 4.78 is 0. The van der Waals surface area contributed by atoms with Gasteiger partial charge in [0.25, 0.3) is 0 Å². The normalized spacial score (nSPS) is 11.7. The van der Waals surface area contributed by atoms with Gasteiger partial charge in [-0.3, -0.25) is 9.89 Å². The molecule has 0 bridgehead atoms. The third kappa shape index (κ3) is 3.03. The molecule has 5 heteroatoms. The summed E-state index contributed by atoms with van der Waals surface area (Å²) in [6.45, 7) is 0. The van der Waals surface area contributed by atoms with Crippen LogP contribution in [0.1, 0.15) is 37.5 Å². The molecule has 4 rings (SSSR count). The molecule has 2 N–H and O–H groups in total. The van der Waals surface area contributed by atoms with Crippen molar-refractivity contribution in [3.63, 3.8) is 0 Å². The van der Waals surface area contributed by atoms with E-state index in [0.717, 1.165) is 28.7 Å². The lowest BCUT2D eigenvalue weighted by Crippen LogP contribution is -2.14. The maximum Gasteiger partial charge on any atom is 0.353 e. The molecular formula is C18H14N2O3. The molecule has 1 aliphatic carbocycles. The summed E-state index contributed by atoms with van der Waals surface area (Å²) in [4.78, 5) is 22.1. The maximum absolute atomic E-state index is 12.1.